The Kier molecular flexibility index (Phi) is 6.96. The van der Waals surface area contributed by atoms with E-state index < -0.39 is 17.7 Å². The second-order valence-electron chi connectivity index (χ2n) is 8.12. The molecule has 4 rings (SSSR count). The van der Waals surface area contributed by atoms with Crippen molar-refractivity contribution in [1.29, 1.82) is 0 Å². The number of methoxy groups -OCH3 is 1. The molecule has 2 heterocycles. The van der Waals surface area contributed by atoms with Crippen LogP contribution in [0.15, 0.2) is 54.1 Å². The highest BCUT2D eigenvalue weighted by molar-refractivity contribution is 6.46. The smallest absolute Gasteiger partial charge is 0.295 e. The molecule has 174 valence electrons. The lowest BCUT2D eigenvalue weighted by molar-refractivity contribution is -0.140. The Labute approximate surface area is 192 Å². The van der Waals surface area contributed by atoms with Gasteiger partial charge in [-0.15, -0.1) is 0 Å². The van der Waals surface area contributed by atoms with E-state index in [9.17, 15) is 19.8 Å². The number of carbonyl (C=O) groups is 2. The zero-order valence-corrected chi connectivity index (χ0v) is 18.6. The molecule has 0 spiro atoms. The Morgan fingerprint density at radius 3 is 2.52 bits per heavy atom. The predicted octanol–water partition coefficient (Wildman–Crippen LogP) is 2.54. The van der Waals surface area contributed by atoms with Gasteiger partial charge in [0.1, 0.15) is 17.3 Å². The normalized spacial score (nSPS) is 20.9. The molecule has 0 bridgehead atoms. The van der Waals surface area contributed by atoms with Gasteiger partial charge in [0.05, 0.1) is 31.9 Å². The number of hydrogen-bond donors (Lipinski definition) is 2. The number of ketones is 1. The van der Waals surface area contributed by atoms with Gasteiger partial charge in [-0.25, -0.2) is 0 Å². The molecular weight excluding hydrogens is 424 g/mol. The largest absolute Gasteiger partial charge is 0.508 e. The van der Waals surface area contributed by atoms with Crippen LogP contribution in [0.5, 0.6) is 11.5 Å². The molecule has 2 aromatic carbocycles. The Morgan fingerprint density at radius 1 is 1.09 bits per heavy atom. The lowest BCUT2D eigenvalue weighted by Gasteiger charge is -2.29. The van der Waals surface area contributed by atoms with E-state index in [0.29, 0.717) is 43.1 Å². The third kappa shape index (κ3) is 4.86. The Hall–Kier alpha value is -3.36. The van der Waals surface area contributed by atoms with Gasteiger partial charge in [-0.1, -0.05) is 24.3 Å². The van der Waals surface area contributed by atoms with Crippen molar-refractivity contribution < 1.29 is 29.3 Å². The SMILES string of the molecule is COc1cccc(/C(O)=C2\C(=O)C(=O)N(CCCN3CCOCC3)C2c2ccc(O)cc2)c1. The molecule has 0 radical (unpaired) electrons. The second-order valence-corrected chi connectivity index (χ2v) is 8.12. The molecule has 2 saturated heterocycles. The summed E-state index contributed by atoms with van der Waals surface area (Å²) in [6, 6.07) is 12.3. The first-order chi connectivity index (χ1) is 16.0. The van der Waals surface area contributed by atoms with Crippen LogP contribution in [-0.4, -0.2) is 78.2 Å². The molecule has 0 aromatic heterocycles. The fourth-order valence-corrected chi connectivity index (χ4v) is 4.33. The van der Waals surface area contributed by atoms with Gasteiger partial charge in [-0.2, -0.15) is 0 Å². The van der Waals surface area contributed by atoms with Crippen LogP contribution in [0.25, 0.3) is 5.76 Å². The number of ether oxygens (including phenoxy) is 2. The fraction of sp³-hybridized carbons (Fsp3) is 0.360. The molecule has 33 heavy (non-hydrogen) atoms. The molecule has 2 aromatic rings. The molecule has 1 atom stereocenters. The van der Waals surface area contributed by atoms with Gasteiger partial charge >= 0.3 is 0 Å². The number of aliphatic hydroxyl groups excluding tert-OH is 1. The Bertz CT molecular complexity index is 1040. The molecule has 8 nitrogen and oxygen atoms in total. The molecule has 2 aliphatic rings. The molecule has 2 N–H and O–H groups in total. The average molecular weight is 453 g/mol. The molecule has 1 unspecified atom stereocenters. The highest BCUT2D eigenvalue weighted by Crippen LogP contribution is 2.40. The van der Waals surface area contributed by atoms with Crippen LogP contribution in [-0.2, 0) is 14.3 Å². The summed E-state index contributed by atoms with van der Waals surface area (Å²) in [5, 5.41) is 20.8. The first-order valence-corrected chi connectivity index (χ1v) is 11.0. The fourth-order valence-electron chi connectivity index (χ4n) is 4.33. The van der Waals surface area contributed by atoms with Crippen LogP contribution < -0.4 is 4.74 Å². The van der Waals surface area contributed by atoms with E-state index in [0.717, 1.165) is 19.6 Å². The average Bonchev–Trinajstić information content (AvgIpc) is 3.10. The number of phenolic OH excluding ortho intramolecular Hbond substituents is 1. The topological polar surface area (TPSA) is 99.5 Å². The van der Waals surface area contributed by atoms with Crippen LogP contribution in [0.2, 0.25) is 0 Å². The standard InChI is InChI=1S/C25H28N2O6/c1-32-20-5-2-4-18(16-20)23(29)21-22(17-6-8-19(28)9-7-17)27(25(31)24(21)30)11-3-10-26-12-14-33-15-13-26/h2,4-9,16,22,28-29H,3,10-15H2,1H3/b23-21+. The van der Waals surface area contributed by atoms with Gasteiger partial charge in [0.2, 0.25) is 0 Å². The van der Waals surface area contributed by atoms with Crippen molar-refractivity contribution in [3.05, 3.63) is 65.2 Å². The van der Waals surface area contributed by atoms with E-state index in [2.05, 4.69) is 4.90 Å². The Morgan fingerprint density at radius 2 is 1.82 bits per heavy atom. The molecule has 0 saturated carbocycles. The number of carbonyl (C=O) groups excluding carboxylic acids is 2. The van der Waals surface area contributed by atoms with Crippen LogP contribution in [0.1, 0.15) is 23.6 Å². The van der Waals surface area contributed by atoms with Crippen LogP contribution in [0.4, 0.5) is 0 Å². The molecular formula is C25H28N2O6. The summed E-state index contributed by atoms with van der Waals surface area (Å²) in [5.41, 5.74) is 1.07. The minimum atomic E-state index is -0.749. The zero-order chi connectivity index (χ0) is 23.4. The summed E-state index contributed by atoms with van der Waals surface area (Å²) in [6.45, 7) is 4.22. The van der Waals surface area contributed by atoms with E-state index in [-0.39, 0.29) is 17.1 Å². The van der Waals surface area contributed by atoms with Gasteiger partial charge in [0, 0.05) is 31.7 Å². The molecule has 8 heteroatoms. The van der Waals surface area contributed by atoms with Crippen molar-refractivity contribution in [3.63, 3.8) is 0 Å². The number of aliphatic hydroxyl groups is 1. The van der Waals surface area contributed by atoms with Crippen molar-refractivity contribution in [1.82, 2.24) is 9.80 Å². The number of aromatic hydroxyl groups is 1. The number of amides is 1. The summed E-state index contributed by atoms with van der Waals surface area (Å²) in [4.78, 5) is 29.9. The number of nitrogens with zero attached hydrogens (tertiary/aromatic N) is 2. The summed E-state index contributed by atoms with van der Waals surface area (Å²) in [5.74, 6) is -1.00. The first kappa shape index (κ1) is 22.8. The lowest BCUT2D eigenvalue weighted by Crippen LogP contribution is -2.38. The summed E-state index contributed by atoms with van der Waals surface area (Å²) < 4.78 is 10.6. The van der Waals surface area contributed by atoms with Crippen LogP contribution in [0.3, 0.4) is 0 Å². The van der Waals surface area contributed by atoms with E-state index >= 15 is 0 Å². The van der Waals surface area contributed by atoms with Gasteiger partial charge in [-0.05, 0) is 36.2 Å². The van der Waals surface area contributed by atoms with E-state index in [4.69, 9.17) is 9.47 Å². The monoisotopic (exact) mass is 452 g/mol. The molecule has 0 aliphatic carbocycles. The summed E-state index contributed by atoms with van der Waals surface area (Å²) >= 11 is 0. The minimum Gasteiger partial charge on any atom is -0.508 e. The molecule has 2 aliphatic heterocycles. The quantitative estimate of drug-likeness (QED) is 0.378. The highest BCUT2D eigenvalue weighted by atomic mass is 16.5. The summed E-state index contributed by atoms with van der Waals surface area (Å²) in [6.07, 6.45) is 0.681. The van der Waals surface area contributed by atoms with Crippen molar-refractivity contribution >= 4 is 17.4 Å². The second kappa shape index (κ2) is 10.1. The van der Waals surface area contributed by atoms with Crippen LogP contribution in [0, 0.1) is 0 Å². The third-order valence-corrected chi connectivity index (χ3v) is 6.07. The van der Waals surface area contributed by atoms with E-state index in [1.807, 2.05) is 0 Å². The number of morpholine rings is 1. The van der Waals surface area contributed by atoms with E-state index in [1.54, 1.807) is 36.4 Å². The number of likely N-dealkylation sites (tertiary alicyclic amines) is 1. The van der Waals surface area contributed by atoms with Crippen molar-refractivity contribution in [2.24, 2.45) is 0 Å². The number of phenols is 1. The number of hydrogen-bond acceptors (Lipinski definition) is 7. The number of Topliss-reactive ketones (excluding diaryl/α,β-unsaturated/α-hetero) is 1. The highest BCUT2D eigenvalue weighted by Gasteiger charge is 2.45. The zero-order valence-electron chi connectivity index (χ0n) is 18.6. The lowest BCUT2D eigenvalue weighted by atomic mass is 9.95. The first-order valence-electron chi connectivity index (χ1n) is 11.0. The van der Waals surface area contributed by atoms with E-state index in [1.165, 1.54) is 24.1 Å². The maximum absolute atomic E-state index is 13.1. The Balaban J connectivity index is 1.67. The third-order valence-electron chi connectivity index (χ3n) is 6.07. The van der Waals surface area contributed by atoms with Gasteiger partial charge in [0.25, 0.3) is 11.7 Å². The molecule has 2 fully saturated rings. The maximum atomic E-state index is 13.1. The predicted molar refractivity (Wildman–Crippen MR) is 122 cm³/mol. The van der Waals surface area contributed by atoms with Gasteiger partial charge < -0.3 is 24.6 Å². The summed E-state index contributed by atoms with van der Waals surface area (Å²) in [7, 11) is 1.52. The van der Waals surface area contributed by atoms with Crippen molar-refractivity contribution in [2.45, 2.75) is 12.5 Å². The van der Waals surface area contributed by atoms with Crippen molar-refractivity contribution in [3.8, 4) is 11.5 Å². The number of benzene rings is 2. The van der Waals surface area contributed by atoms with Crippen LogP contribution >= 0.6 is 0 Å². The number of rotatable bonds is 7. The van der Waals surface area contributed by atoms with Crippen molar-refractivity contribution in [2.75, 3.05) is 46.5 Å². The van der Waals surface area contributed by atoms with Gasteiger partial charge in [0.15, 0.2) is 0 Å². The minimum absolute atomic E-state index is 0.0327. The maximum Gasteiger partial charge on any atom is 0.295 e. The van der Waals surface area contributed by atoms with Gasteiger partial charge in [-0.3, -0.25) is 14.5 Å². The molecule has 1 amide bonds.